The maximum atomic E-state index is 12.3. The second kappa shape index (κ2) is 5.88. The standard InChI is InChI=1S/C15H31NO/c1-9-11(2)16-13(17)12(15(6,7)8)10-14(3,4)5/h11-12H,9-10H2,1-8H3,(H,16,17). The summed E-state index contributed by atoms with van der Waals surface area (Å²) in [6.07, 6.45) is 1.91. The summed E-state index contributed by atoms with van der Waals surface area (Å²) in [5.74, 6) is 0.290. The van der Waals surface area contributed by atoms with Gasteiger partial charge in [0.2, 0.25) is 5.91 Å². The van der Waals surface area contributed by atoms with Crippen LogP contribution in [0.2, 0.25) is 0 Å². The molecule has 2 nitrogen and oxygen atoms in total. The average molecular weight is 241 g/mol. The molecule has 0 aromatic heterocycles. The van der Waals surface area contributed by atoms with Crippen LogP contribution in [0, 0.1) is 16.7 Å². The fraction of sp³-hybridized carbons (Fsp3) is 0.933. The van der Waals surface area contributed by atoms with E-state index in [2.05, 4.69) is 60.7 Å². The van der Waals surface area contributed by atoms with E-state index in [1.54, 1.807) is 0 Å². The van der Waals surface area contributed by atoms with Crippen molar-refractivity contribution in [1.82, 2.24) is 5.32 Å². The molecule has 0 bridgehead atoms. The Hall–Kier alpha value is -0.530. The van der Waals surface area contributed by atoms with E-state index in [9.17, 15) is 4.79 Å². The van der Waals surface area contributed by atoms with Gasteiger partial charge in [0.1, 0.15) is 0 Å². The molecule has 2 atom stereocenters. The van der Waals surface area contributed by atoms with Gasteiger partial charge in [-0.2, -0.15) is 0 Å². The van der Waals surface area contributed by atoms with E-state index >= 15 is 0 Å². The van der Waals surface area contributed by atoms with E-state index in [1.165, 1.54) is 0 Å². The predicted octanol–water partition coefficient (Wildman–Crippen LogP) is 4.00. The van der Waals surface area contributed by atoms with E-state index in [0.29, 0.717) is 0 Å². The van der Waals surface area contributed by atoms with Crippen molar-refractivity contribution in [1.29, 1.82) is 0 Å². The molecule has 0 aromatic carbocycles. The molecule has 0 rings (SSSR count). The van der Waals surface area contributed by atoms with E-state index < -0.39 is 0 Å². The fourth-order valence-corrected chi connectivity index (χ4v) is 1.85. The minimum absolute atomic E-state index is 0.0187. The van der Waals surface area contributed by atoms with Crippen LogP contribution in [0.1, 0.15) is 68.2 Å². The Bertz CT molecular complexity index is 245. The van der Waals surface area contributed by atoms with Gasteiger partial charge in [0.15, 0.2) is 0 Å². The summed E-state index contributed by atoms with van der Waals surface area (Å²) >= 11 is 0. The van der Waals surface area contributed by atoms with Crippen molar-refractivity contribution < 1.29 is 4.79 Å². The number of carbonyl (C=O) groups excluding carboxylic acids is 1. The number of hydrogen-bond donors (Lipinski definition) is 1. The van der Waals surface area contributed by atoms with Crippen LogP contribution >= 0.6 is 0 Å². The highest BCUT2D eigenvalue weighted by Gasteiger charge is 2.34. The molecule has 0 spiro atoms. The number of rotatable bonds is 4. The SMILES string of the molecule is CCC(C)NC(=O)C(CC(C)(C)C)C(C)(C)C. The van der Waals surface area contributed by atoms with Crippen molar-refractivity contribution in [2.75, 3.05) is 0 Å². The molecule has 0 radical (unpaired) electrons. The summed E-state index contributed by atoms with van der Waals surface area (Å²) in [6, 6.07) is 0.271. The third-order valence-corrected chi connectivity index (χ3v) is 3.18. The summed E-state index contributed by atoms with van der Waals surface area (Å²) < 4.78 is 0. The number of nitrogens with one attached hydrogen (secondary N) is 1. The highest BCUT2D eigenvalue weighted by atomic mass is 16.2. The third kappa shape index (κ3) is 6.70. The van der Waals surface area contributed by atoms with Crippen LogP contribution in [-0.4, -0.2) is 11.9 Å². The molecule has 17 heavy (non-hydrogen) atoms. The molecule has 0 aliphatic rings. The summed E-state index contributed by atoms with van der Waals surface area (Å²) in [7, 11) is 0. The Labute approximate surface area is 108 Å². The lowest BCUT2D eigenvalue weighted by molar-refractivity contribution is -0.130. The Kier molecular flexibility index (Phi) is 5.70. The van der Waals surface area contributed by atoms with Gasteiger partial charge in [0, 0.05) is 12.0 Å². The first kappa shape index (κ1) is 16.5. The fourth-order valence-electron chi connectivity index (χ4n) is 1.85. The van der Waals surface area contributed by atoms with Gasteiger partial charge >= 0.3 is 0 Å². The second-order valence-corrected chi connectivity index (χ2v) is 7.50. The van der Waals surface area contributed by atoms with Crippen LogP contribution in [0.4, 0.5) is 0 Å². The largest absolute Gasteiger partial charge is 0.353 e. The van der Waals surface area contributed by atoms with Gasteiger partial charge in [-0.05, 0) is 30.6 Å². The minimum atomic E-state index is 0.0187. The highest BCUT2D eigenvalue weighted by molar-refractivity contribution is 5.79. The lowest BCUT2D eigenvalue weighted by atomic mass is 9.71. The molecule has 0 saturated carbocycles. The van der Waals surface area contributed by atoms with Crippen molar-refractivity contribution >= 4 is 5.91 Å². The molecule has 2 heteroatoms. The van der Waals surface area contributed by atoms with Crippen molar-refractivity contribution in [3.63, 3.8) is 0 Å². The summed E-state index contributed by atoms with van der Waals surface area (Å²) in [5, 5.41) is 3.12. The molecular formula is C15H31NO. The molecule has 0 fully saturated rings. The molecule has 0 aromatic rings. The Morgan fingerprint density at radius 1 is 1.12 bits per heavy atom. The minimum Gasteiger partial charge on any atom is -0.353 e. The zero-order chi connectivity index (χ0) is 13.9. The molecule has 0 aliphatic carbocycles. The normalized spacial score (nSPS) is 16.5. The topological polar surface area (TPSA) is 29.1 Å². The van der Waals surface area contributed by atoms with Gasteiger partial charge in [0.25, 0.3) is 0 Å². The summed E-state index contributed by atoms with van der Waals surface area (Å²) in [4.78, 5) is 12.3. The van der Waals surface area contributed by atoms with Gasteiger partial charge < -0.3 is 5.32 Å². The average Bonchev–Trinajstić information content (AvgIpc) is 2.10. The maximum Gasteiger partial charge on any atom is 0.223 e. The smallest absolute Gasteiger partial charge is 0.223 e. The van der Waals surface area contributed by atoms with Crippen molar-refractivity contribution in [2.24, 2.45) is 16.7 Å². The van der Waals surface area contributed by atoms with E-state index in [0.717, 1.165) is 12.8 Å². The van der Waals surface area contributed by atoms with Gasteiger partial charge in [-0.15, -0.1) is 0 Å². The summed E-state index contributed by atoms with van der Waals surface area (Å²) in [6.45, 7) is 17.2. The maximum absolute atomic E-state index is 12.3. The lowest BCUT2D eigenvalue weighted by Crippen LogP contribution is -2.43. The monoisotopic (exact) mass is 241 g/mol. The number of carbonyl (C=O) groups is 1. The first-order valence-electron chi connectivity index (χ1n) is 6.77. The van der Waals surface area contributed by atoms with Gasteiger partial charge in [-0.1, -0.05) is 48.5 Å². The van der Waals surface area contributed by atoms with Crippen LogP contribution in [0.3, 0.4) is 0 Å². The van der Waals surface area contributed by atoms with Crippen molar-refractivity contribution in [3.05, 3.63) is 0 Å². The predicted molar refractivity (Wildman–Crippen MR) is 74.9 cm³/mol. The Balaban J connectivity index is 4.76. The summed E-state index contributed by atoms with van der Waals surface area (Å²) in [5.41, 5.74) is 0.204. The third-order valence-electron chi connectivity index (χ3n) is 3.18. The number of amides is 1. The first-order chi connectivity index (χ1) is 7.47. The molecule has 102 valence electrons. The van der Waals surface area contributed by atoms with Gasteiger partial charge in [-0.3, -0.25) is 4.79 Å². The highest BCUT2D eigenvalue weighted by Crippen LogP contribution is 2.36. The Morgan fingerprint density at radius 3 is 1.88 bits per heavy atom. The second-order valence-electron chi connectivity index (χ2n) is 7.50. The van der Waals surface area contributed by atoms with Crippen LogP contribution in [0.5, 0.6) is 0 Å². The Morgan fingerprint density at radius 2 is 1.59 bits per heavy atom. The molecule has 1 N–H and O–H groups in total. The molecule has 1 amide bonds. The van der Waals surface area contributed by atoms with E-state index in [-0.39, 0.29) is 28.7 Å². The van der Waals surface area contributed by atoms with Crippen LogP contribution in [0.15, 0.2) is 0 Å². The van der Waals surface area contributed by atoms with Crippen LogP contribution in [-0.2, 0) is 4.79 Å². The van der Waals surface area contributed by atoms with Crippen molar-refractivity contribution in [3.8, 4) is 0 Å². The van der Waals surface area contributed by atoms with E-state index in [4.69, 9.17) is 0 Å². The molecule has 0 aliphatic heterocycles. The number of hydrogen-bond acceptors (Lipinski definition) is 1. The molecule has 0 saturated heterocycles. The lowest BCUT2D eigenvalue weighted by Gasteiger charge is -2.35. The molecular weight excluding hydrogens is 210 g/mol. The van der Waals surface area contributed by atoms with Gasteiger partial charge in [-0.25, -0.2) is 0 Å². The first-order valence-corrected chi connectivity index (χ1v) is 6.77. The quantitative estimate of drug-likeness (QED) is 0.792. The van der Waals surface area contributed by atoms with Crippen molar-refractivity contribution in [2.45, 2.75) is 74.3 Å². The molecule has 2 unspecified atom stereocenters. The van der Waals surface area contributed by atoms with Gasteiger partial charge in [0.05, 0.1) is 0 Å². The van der Waals surface area contributed by atoms with Crippen LogP contribution < -0.4 is 5.32 Å². The zero-order valence-electron chi connectivity index (χ0n) is 13.0. The van der Waals surface area contributed by atoms with E-state index in [1.807, 2.05) is 0 Å². The van der Waals surface area contributed by atoms with Crippen LogP contribution in [0.25, 0.3) is 0 Å². The zero-order valence-corrected chi connectivity index (χ0v) is 13.0. The molecule has 0 heterocycles.